The molecule has 0 heterocycles. The van der Waals surface area contributed by atoms with Crippen molar-refractivity contribution in [1.29, 1.82) is 0 Å². The highest BCUT2D eigenvalue weighted by Gasteiger charge is 2.14. The van der Waals surface area contributed by atoms with Gasteiger partial charge < -0.3 is 14.9 Å². The van der Waals surface area contributed by atoms with Gasteiger partial charge in [-0.15, -0.1) is 0 Å². The van der Waals surface area contributed by atoms with E-state index in [1.807, 2.05) is 6.92 Å². The lowest BCUT2D eigenvalue weighted by molar-refractivity contribution is -0.114. The third kappa shape index (κ3) is 4.80. The van der Waals surface area contributed by atoms with E-state index in [1.165, 1.54) is 0 Å². The van der Waals surface area contributed by atoms with E-state index in [-0.39, 0.29) is 6.54 Å². The van der Waals surface area contributed by atoms with Crippen molar-refractivity contribution in [3.8, 4) is 0 Å². The summed E-state index contributed by atoms with van der Waals surface area (Å²) in [6, 6.07) is 6.59. The maximum absolute atomic E-state index is 11.8. The van der Waals surface area contributed by atoms with Crippen molar-refractivity contribution < 1.29 is 14.3 Å². The van der Waals surface area contributed by atoms with Crippen LogP contribution in [0.1, 0.15) is 30.1 Å². The van der Waals surface area contributed by atoms with Crippen LogP contribution in [-0.2, 0) is 9.53 Å². The average Bonchev–Trinajstić information content (AvgIpc) is 2.39. The molecule has 0 fully saturated rings. The number of unbranched alkanes of at least 4 members (excludes halogenated alkanes) is 1. The molecule has 5 heteroatoms. The molecule has 0 saturated carbocycles. The highest BCUT2D eigenvalue weighted by Crippen LogP contribution is 2.16. The predicted octanol–water partition coefficient (Wildman–Crippen LogP) is 2.50. The Morgan fingerprint density at radius 3 is 2.79 bits per heavy atom. The third-order valence-corrected chi connectivity index (χ3v) is 2.37. The molecule has 0 radical (unpaired) electrons. The van der Waals surface area contributed by atoms with Gasteiger partial charge in [-0.25, -0.2) is 11.4 Å². The van der Waals surface area contributed by atoms with Crippen LogP contribution in [0.25, 0.3) is 4.85 Å². The molecule has 0 saturated heterocycles. The quantitative estimate of drug-likeness (QED) is 0.485. The Labute approximate surface area is 112 Å². The van der Waals surface area contributed by atoms with Crippen molar-refractivity contribution in [1.82, 2.24) is 0 Å². The Morgan fingerprint density at radius 2 is 2.11 bits per heavy atom. The zero-order valence-electron chi connectivity index (χ0n) is 10.8. The van der Waals surface area contributed by atoms with E-state index in [2.05, 4.69) is 10.2 Å². The van der Waals surface area contributed by atoms with E-state index in [9.17, 15) is 9.59 Å². The summed E-state index contributed by atoms with van der Waals surface area (Å²) >= 11 is 0. The van der Waals surface area contributed by atoms with Crippen LogP contribution in [0, 0.1) is 6.57 Å². The summed E-state index contributed by atoms with van der Waals surface area (Å²) in [6.45, 7) is 8.72. The molecule has 0 bridgehead atoms. The van der Waals surface area contributed by atoms with Gasteiger partial charge in [0.05, 0.1) is 17.9 Å². The van der Waals surface area contributed by atoms with Gasteiger partial charge in [0, 0.05) is 0 Å². The van der Waals surface area contributed by atoms with Crippen molar-refractivity contribution in [2.75, 3.05) is 18.5 Å². The first-order valence-electron chi connectivity index (χ1n) is 6.08. The van der Waals surface area contributed by atoms with E-state index in [4.69, 9.17) is 11.3 Å². The maximum atomic E-state index is 11.8. The molecule has 1 aromatic rings. The fourth-order valence-corrected chi connectivity index (χ4v) is 1.42. The molecule has 100 valence electrons. The zero-order valence-corrected chi connectivity index (χ0v) is 10.8. The summed E-state index contributed by atoms with van der Waals surface area (Å²) in [5.74, 6) is -0.907. The lowest BCUT2D eigenvalue weighted by Crippen LogP contribution is -2.17. The Morgan fingerprint density at radius 1 is 1.37 bits per heavy atom. The zero-order chi connectivity index (χ0) is 14.1. The molecule has 0 aromatic heterocycles. The number of ether oxygens (including phenoxy) is 1. The fraction of sp³-hybridized carbons (Fsp3) is 0.357. The number of hydrogen-bond donors (Lipinski definition) is 1. The molecular formula is C14H16N2O3. The van der Waals surface area contributed by atoms with Gasteiger partial charge in [0.1, 0.15) is 0 Å². The number of carbonyl (C=O) groups excluding carboxylic acids is 2. The Kier molecular flexibility index (Phi) is 6.10. The summed E-state index contributed by atoms with van der Waals surface area (Å²) in [7, 11) is 0. The number of nitrogens with zero attached hydrogens (tertiary/aromatic N) is 1. The number of rotatable bonds is 6. The van der Waals surface area contributed by atoms with Crippen LogP contribution in [-0.4, -0.2) is 25.0 Å². The number of nitrogens with one attached hydrogen (secondary N) is 1. The number of para-hydroxylation sites is 1. The van der Waals surface area contributed by atoms with E-state index >= 15 is 0 Å². The van der Waals surface area contributed by atoms with Gasteiger partial charge in [0.25, 0.3) is 6.54 Å². The lowest BCUT2D eigenvalue weighted by Gasteiger charge is -2.09. The first-order chi connectivity index (χ1) is 9.19. The summed E-state index contributed by atoms with van der Waals surface area (Å²) in [6.07, 6.45) is 1.74. The molecule has 0 aliphatic carbocycles. The van der Waals surface area contributed by atoms with Crippen LogP contribution in [0.15, 0.2) is 24.3 Å². The van der Waals surface area contributed by atoms with E-state index in [0.717, 1.165) is 12.8 Å². The topological polar surface area (TPSA) is 59.8 Å². The van der Waals surface area contributed by atoms with Crippen LogP contribution in [0.3, 0.4) is 0 Å². The summed E-state index contributed by atoms with van der Waals surface area (Å²) in [4.78, 5) is 26.2. The van der Waals surface area contributed by atoms with Crippen molar-refractivity contribution in [3.63, 3.8) is 0 Å². The van der Waals surface area contributed by atoms with Gasteiger partial charge >= 0.3 is 11.9 Å². The van der Waals surface area contributed by atoms with Crippen molar-refractivity contribution in [2.45, 2.75) is 19.8 Å². The molecule has 19 heavy (non-hydrogen) atoms. The van der Waals surface area contributed by atoms with E-state index < -0.39 is 11.9 Å². The minimum atomic E-state index is -0.466. The molecule has 0 atom stereocenters. The second kappa shape index (κ2) is 7.88. The summed E-state index contributed by atoms with van der Waals surface area (Å²) < 4.78 is 5.10. The molecule has 0 aliphatic rings. The number of esters is 1. The molecule has 5 nitrogen and oxygen atoms in total. The Hall–Kier alpha value is -2.35. The molecule has 0 spiro atoms. The molecule has 1 rings (SSSR count). The normalized spacial score (nSPS) is 9.47. The molecule has 0 aliphatic heterocycles. The Bertz CT molecular complexity index is 492. The summed E-state index contributed by atoms with van der Waals surface area (Å²) in [5, 5.41) is 2.53. The van der Waals surface area contributed by atoms with Gasteiger partial charge in [-0.05, 0) is 18.6 Å². The maximum Gasteiger partial charge on any atom is 0.340 e. The third-order valence-electron chi connectivity index (χ3n) is 2.37. The largest absolute Gasteiger partial charge is 0.462 e. The van der Waals surface area contributed by atoms with Crippen LogP contribution in [0.5, 0.6) is 0 Å². The van der Waals surface area contributed by atoms with Gasteiger partial charge in [0.15, 0.2) is 0 Å². The van der Waals surface area contributed by atoms with Crippen molar-refractivity contribution >= 4 is 17.6 Å². The molecule has 0 unspecified atom stereocenters. The monoisotopic (exact) mass is 260 g/mol. The summed E-state index contributed by atoms with van der Waals surface area (Å²) in [5.41, 5.74) is 0.676. The molecule has 1 N–H and O–H groups in total. The number of amides is 1. The number of benzene rings is 1. The lowest BCUT2D eigenvalue weighted by atomic mass is 10.2. The van der Waals surface area contributed by atoms with E-state index in [1.54, 1.807) is 24.3 Å². The smallest absolute Gasteiger partial charge is 0.340 e. The van der Waals surface area contributed by atoms with Crippen LogP contribution >= 0.6 is 0 Å². The van der Waals surface area contributed by atoms with Crippen molar-refractivity contribution in [2.24, 2.45) is 0 Å². The number of carbonyl (C=O) groups is 2. The first kappa shape index (κ1) is 14.7. The molecule has 1 aromatic carbocycles. The van der Waals surface area contributed by atoms with Crippen LogP contribution in [0.4, 0.5) is 5.69 Å². The van der Waals surface area contributed by atoms with Gasteiger partial charge in [0.2, 0.25) is 0 Å². The second-order valence-corrected chi connectivity index (χ2v) is 3.90. The highest BCUT2D eigenvalue weighted by molar-refractivity contribution is 6.02. The average molecular weight is 260 g/mol. The SMILES string of the molecule is [C-]#[N+]CC(=O)Nc1ccccc1C(=O)OCCCC. The Balaban J connectivity index is 2.75. The predicted molar refractivity (Wildman–Crippen MR) is 71.7 cm³/mol. The minimum absolute atomic E-state index is 0.265. The van der Waals surface area contributed by atoms with Crippen LogP contribution < -0.4 is 5.32 Å². The van der Waals surface area contributed by atoms with Gasteiger partial charge in [-0.1, -0.05) is 25.5 Å². The minimum Gasteiger partial charge on any atom is -0.462 e. The number of anilines is 1. The van der Waals surface area contributed by atoms with Gasteiger partial charge in [-0.3, -0.25) is 4.79 Å². The fourth-order valence-electron chi connectivity index (χ4n) is 1.42. The standard InChI is InChI=1S/C14H16N2O3/c1-3-4-9-19-14(18)11-7-5-6-8-12(11)16-13(17)10-15-2/h5-8H,3-4,9-10H2,1H3,(H,16,17). The van der Waals surface area contributed by atoms with E-state index in [0.29, 0.717) is 17.9 Å². The molecular weight excluding hydrogens is 244 g/mol. The van der Waals surface area contributed by atoms with Crippen molar-refractivity contribution in [3.05, 3.63) is 41.2 Å². The first-order valence-corrected chi connectivity index (χ1v) is 6.08. The second-order valence-electron chi connectivity index (χ2n) is 3.90. The van der Waals surface area contributed by atoms with Gasteiger partial charge in [-0.2, -0.15) is 0 Å². The molecule has 1 amide bonds. The highest BCUT2D eigenvalue weighted by atomic mass is 16.5. The van der Waals surface area contributed by atoms with Crippen LogP contribution in [0.2, 0.25) is 0 Å². The number of hydrogen-bond acceptors (Lipinski definition) is 3.